The van der Waals surface area contributed by atoms with Gasteiger partial charge in [-0.05, 0) is 38.2 Å². The third kappa shape index (κ3) is 3.10. The monoisotopic (exact) mass is 275 g/mol. The molecule has 20 heavy (non-hydrogen) atoms. The lowest BCUT2D eigenvalue weighted by Gasteiger charge is -2.12. The molecule has 0 unspecified atom stereocenters. The van der Waals surface area contributed by atoms with Crippen LogP contribution in [0.3, 0.4) is 0 Å². The molecular formula is C15H21N3O2. The largest absolute Gasteiger partial charge is 0.469 e. The molecule has 2 heterocycles. The summed E-state index contributed by atoms with van der Waals surface area (Å²) < 4.78 is 10.8. The average molecular weight is 275 g/mol. The van der Waals surface area contributed by atoms with E-state index in [0.29, 0.717) is 17.9 Å². The first-order valence-electron chi connectivity index (χ1n) is 7.26. The number of aromatic nitrogens is 2. The molecule has 1 aliphatic carbocycles. The van der Waals surface area contributed by atoms with Crippen molar-refractivity contribution in [1.82, 2.24) is 15.5 Å². The molecule has 2 aromatic rings. The summed E-state index contributed by atoms with van der Waals surface area (Å²) in [5.74, 6) is 3.09. The van der Waals surface area contributed by atoms with Crippen molar-refractivity contribution >= 4 is 0 Å². The standard InChI is InChI=1S/C15H21N3O2/c1-10-13(5-6-19-10)9-16-14-4-3-12(7-14)8-15-18-17-11(2)20-15/h5-6,12,14,16H,3-4,7-9H2,1-2H3/t12-,14+/m1/s1. The minimum absolute atomic E-state index is 0.582. The van der Waals surface area contributed by atoms with Gasteiger partial charge in [0.2, 0.25) is 11.8 Å². The second-order valence-corrected chi connectivity index (χ2v) is 5.68. The molecule has 1 fully saturated rings. The van der Waals surface area contributed by atoms with E-state index in [1.165, 1.54) is 24.8 Å². The lowest BCUT2D eigenvalue weighted by Crippen LogP contribution is -2.26. The number of hydrogen-bond donors (Lipinski definition) is 1. The van der Waals surface area contributed by atoms with E-state index < -0.39 is 0 Å². The predicted molar refractivity (Wildman–Crippen MR) is 74.2 cm³/mol. The molecule has 0 amide bonds. The molecule has 5 heteroatoms. The Labute approximate surface area is 118 Å². The molecular weight excluding hydrogens is 254 g/mol. The maximum Gasteiger partial charge on any atom is 0.216 e. The fourth-order valence-corrected chi connectivity index (χ4v) is 2.96. The van der Waals surface area contributed by atoms with E-state index in [-0.39, 0.29) is 0 Å². The Kier molecular flexibility index (Phi) is 3.87. The number of rotatable bonds is 5. The average Bonchev–Trinajstić information content (AvgIpc) is 3.11. The fourth-order valence-electron chi connectivity index (χ4n) is 2.96. The summed E-state index contributed by atoms with van der Waals surface area (Å²) in [5, 5.41) is 11.6. The van der Waals surface area contributed by atoms with Crippen LogP contribution in [0.4, 0.5) is 0 Å². The van der Waals surface area contributed by atoms with Crippen LogP contribution in [0.1, 0.15) is 42.4 Å². The molecule has 1 aliphatic rings. The Balaban J connectivity index is 1.46. The van der Waals surface area contributed by atoms with Crippen LogP contribution in [0.15, 0.2) is 21.2 Å². The van der Waals surface area contributed by atoms with Crippen LogP contribution in [0.2, 0.25) is 0 Å². The lowest BCUT2D eigenvalue weighted by atomic mass is 10.0. The van der Waals surface area contributed by atoms with E-state index in [4.69, 9.17) is 8.83 Å². The van der Waals surface area contributed by atoms with Crippen molar-refractivity contribution in [2.75, 3.05) is 0 Å². The third-order valence-electron chi connectivity index (χ3n) is 4.12. The number of furan rings is 1. The third-order valence-corrected chi connectivity index (χ3v) is 4.12. The van der Waals surface area contributed by atoms with Crippen molar-refractivity contribution in [2.24, 2.45) is 5.92 Å². The second kappa shape index (κ2) is 5.79. The quantitative estimate of drug-likeness (QED) is 0.909. The van der Waals surface area contributed by atoms with Gasteiger partial charge in [0.25, 0.3) is 0 Å². The van der Waals surface area contributed by atoms with Crippen molar-refractivity contribution in [1.29, 1.82) is 0 Å². The highest BCUT2D eigenvalue weighted by molar-refractivity contribution is 5.15. The maximum atomic E-state index is 5.46. The molecule has 1 saturated carbocycles. The van der Waals surface area contributed by atoms with Crippen LogP contribution in [0.25, 0.3) is 0 Å². The van der Waals surface area contributed by atoms with E-state index in [1.807, 2.05) is 19.9 Å². The molecule has 0 radical (unpaired) electrons. The van der Waals surface area contributed by atoms with Gasteiger partial charge in [-0.3, -0.25) is 0 Å². The number of hydrogen-bond acceptors (Lipinski definition) is 5. The Morgan fingerprint density at radius 3 is 2.90 bits per heavy atom. The summed E-state index contributed by atoms with van der Waals surface area (Å²) in [4.78, 5) is 0. The van der Waals surface area contributed by atoms with Gasteiger partial charge >= 0.3 is 0 Å². The first-order chi connectivity index (χ1) is 9.70. The molecule has 0 aromatic carbocycles. The van der Waals surface area contributed by atoms with Crippen LogP contribution < -0.4 is 5.32 Å². The zero-order chi connectivity index (χ0) is 13.9. The molecule has 1 N–H and O–H groups in total. The first-order valence-corrected chi connectivity index (χ1v) is 7.26. The summed E-state index contributed by atoms with van der Waals surface area (Å²) in [6.07, 6.45) is 6.28. The van der Waals surface area contributed by atoms with E-state index in [2.05, 4.69) is 15.5 Å². The van der Waals surface area contributed by atoms with Gasteiger partial charge in [-0.2, -0.15) is 0 Å². The van der Waals surface area contributed by atoms with Gasteiger partial charge in [-0.25, -0.2) is 0 Å². The van der Waals surface area contributed by atoms with Crippen LogP contribution in [-0.2, 0) is 13.0 Å². The molecule has 5 nitrogen and oxygen atoms in total. The Bertz CT molecular complexity index is 561. The van der Waals surface area contributed by atoms with Gasteiger partial charge in [-0.15, -0.1) is 10.2 Å². The van der Waals surface area contributed by atoms with Crippen molar-refractivity contribution < 1.29 is 8.83 Å². The topological polar surface area (TPSA) is 64.1 Å². The summed E-state index contributed by atoms with van der Waals surface area (Å²) in [6.45, 7) is 4.73. The highest BCUT2D eigenvalue weighted by atomic mass is 16.4. The molecule has 108 valence electrons. The SMILES string of the molecule is Cc1nnc(C[C@@H]2CC[C@H](NCc3ccoc3C)C2)o1. The van der Waals surface area contributed by atoms with E-state index >= 15 is 0 Å². The van der Waals surface area contributed by atoms with Gasteiger partial charge in [0.15, 0.2) is 0 Å². The second-order valence-electron chi connectivity index (χ2n) is 5.68. The highest BCUT2D eigenvalue weighted by Gasteiger charge is 2.26. The molecule has 0 saturated heterocycles. The number of nitrogens with one attached hydrogen (secondary N) is 1. The van der Waals surface area contributed by atoms with Gasteiger partial charge in [-0.1, -0.05) is 0 Å². The number of aryl methyl sites for hydroxylation is 2. The summed E-state index contributed by atoms with van der Waals surface area (Å²) >= 11 is 0. The van der Waals surface area contributed by atoms with Gasteiger partial charge in [0.05, 0.1) is 6.26 Å². The van der Waals surface area contributed by atoms with E-state index in [0.717, 1.165) is 24.6 Å². The van der Waals surface area contributed by atoms with Gasteiger partial charge in [0.1, 0.15) is 5.76 Å². The van der Waals surface area contributed by atoms with Crippen LogP contribution in [-0.4, -0.2) is 16.2 Å². The molecule has 3 rings (SSSR count). The molecule has 2 aromatic heterocycles. The predicted octanol–water partition coefficient (Wildman–Crippen LogP) is 2.78. The normalized spacial score (nSPS) is 22.5. The summed E-state index contributed by atoms with van der Waals surface area (Å²) in [7, 11) is 0. The van der Waals surface area contributed by atoms with Crippen molar-refractivity contribution in [3.8, 4) is 0 Å². The van der Waals surface area contributed by atoms with Crippen molar-refractivity contribution in [3.63, 3.8) is 0 Å². The zero-order valence-electron chi connectivity index (χ0n) is 12.1. The Morgan fingerprint density at radius 2 is 2.20 bits per heavy atom. The molecule has 0 aliphatic heterocycles. The van der Waals surface area contributed by atoms with Crippen LogP contribution in [0.5, 0.6) is 0 Å². The van der Waals surface area contributed by atoms with E-state index in [9.17, 15) is 0 Å². The Morgan fingerprint density at radius 1 is 1.30 bits per heavy atom. The van der Waals surface area contributed by atoms with Crippen molar-refractivity contribution in [2.45, 2.75) is 52.1 Å². The number of nitrogens with zero attached hydrogens (tertiary/aromatic N) is 2. The smallest absolute Gasteiger partial charge is 0.216 e. The summed E-state index contributed by atoms with van der Waals surface area (Å²) in [6, 6.07) is 2.62. The zero-order valence-corrected chi connectivity index (χ0v) is 12.1. The molecule has 0 spiro atoms. The maximum absolute atomic E-state index is 5.46. The first kappa shape index (κ1) is 13.4. The minimum atomic E-state index is 0.582. The van der Waals surface area contributed by atoms with Crippen molar-refractivity contribution in [3.05, 3.63) is 35.4 Å². The lowest BCUT2D eigenvalue weighted by molar-refractivity contribution is 0.408. The van der Waals surface area contributed by atoms with Crippen LogP contribution >= 0.6 is 0 Å². The fraction of sp³-hybridized carbons (Fsp3) is 0.600. The molecule has 2 atom stereocenters. The highest BCUT2D eigenvalue weighted by Crippen LogP contribution is 2.28. The summed E-state index contributed by atoms with van der Waals surface area (Å²) in [5.41, 5.74) is 1.25. The van der Waals surface area contributed by atoms with Gasteiger partial charge < -0.3 is 14.2 Å². The van der Waals surface area contributed by atoms with Crippen LogP contribution in [0, 0.1) is 19.8 Å². The minimum Gasteiger partial charge on any atom is -0.469 e. The van der Waals surface area contributed by atoms with Gasteiger partial charge in [0, 0.05) is 31.5 Å². The Hall–Kier alpha value is -1.62. The van der Waals surface area contributed by atoms with E-state index in [1.54, 1.807) is 6.26 Å². The molecule has 0 bridgehead atoms.